The molecule has 0 saturated heterocycles. The van der Waals surface area contributed by atoms with Gasteiger partial charge in [-0.3, -0.25) is 4.79 Å². The molecule has 1 saturated carbocycles. The van der Waals surface area contributed by atoms with Crippen molar-refractivity contribution in [2.24, 2.45) is 11.8 Å². The Hall–Kier alpha value is -3.50. The summed E-state index contributed by atoms with van der Waals surface area (Å²) < 4.78 is 9.40. The molecule has 0 unspecified atom stereocenters. The molecule has 1 rings (SSSR count). The Morgan fingerprint density at radius 2 is 1.74 bits per heavy atom. The number of carbonyl (C=O) groups is 2. The number of nitrogens with zero attached hydrogens (tertiary/aromatic N) is 2. The summed E-state index contributed by atoms with van der Waals surface area (Å²) in [5.74, 6) is -0.693. The summed E-state index contributed by atoms with van der Waals surface area (Å²) in [5.41, 5.74) is 0. The first kappa shape index (κ1) is 36.5. The maximum absolute atomic E-state index is 12.0. The lowest BCUT2D eigenvalue weighted by Gasteiger charge is -2.19. The van der Waals surface area contributed by atoms with Crippen LogP contribution in [0.15, 0.2) is 24.3 Å². The van der Waals surface area contributed by atoms with Gasteiger partial charge >= 0.3 is 6.16 Å². The van der Waals surface area contributed by atoms with E-state index in [-0.39, 0.29) is 43.7 Å². The Morgan fingerprint density at radius 3 is 2.38 bits per heavy atom. The van der Waals surface area contributed by atoms with Gasteiger partial charge < -0.3 is 39.8 Å². The van der Waals surface area contributed by atoms with Crippen molar-refractivity contribution < 1.29 is 54.2 Å². The Labute approximate surface area is 243 Å². The maximum Gasteiger partial charge on any atom is 0.508 e. The first-order valence-electron chi connectivity index (χ1n) is 14.1. The molecule has 0 aromatic rings. The van der Waals surface area contributed by atoms with Crippen LogP contribution in [0.4, 0.5) is 4.79 Å². The number of hydrogen-bond acceptors (Lipinski definition) is 13. The van der Waals surface area contributed by atoms with Gasteiger partial charge in [-0.05, 0) is 31.6 Å². The number of ether oxygens (including phenoxy) is 2. The van der Waals surface area contributed by atoms with Gasteiger partial charge in [0.1, 0.15) is 19.8 Å². The van der Waals surface area contributed by atoms with Crippen molar-refractivity contribution in [1.29, 1.82) is 0 Å². The molecule has 0 aliphatic heterocycles. The van der Waals surface area contributed by atoms with E-state index in [1.165, 1.54) is 0 Å². The topological polar surface area (TPSA) is 230 Å². The average Bonchev–Trinajstić information content (AvgIpc) is 3.20. The molecule has 16 nitrogen and oxygen atoms in total. The average molecular weight is 606 g/mol. The summed E-state index contributed by atoms with van der Waals surface area (Å²) in [7, 11) is 0. The zero-order valence-corrected chi connectivity index (χ0v) is 23.8. The van der Waals surface area contributed by atoms with Crippen molar-refractivity contribution in [2.45, 2.75) is 89.1 Å². The summed E-state index contributed by atoms with van der Waals surface area (Å²) in [4.78, 5) is 52.2. The van der Waals surface area contributed by atoms with Crippen LogP contribution < -0.4 is 5.32 Å². The first-order chi connectivity index (χ1) is 20.0. The second kappa shape index (κ2) is 21.2. The Balaban J connectivity index is 2.27. The molecule has 1 aliphatic carbocycles. The van der Waals surface area contributed by atoms with Gasteiger partial charge in [-0.25, -0.2) is 4.79 Å². The fraction of sp³-hybridized carbons (Fsp3) is 0.769. The first-order valence-corrected chi connectivity index (χ1v) is 14.1. The van der Waals surface area contributed by atoms with E-state index in [0.717, 1.165) is 19.3 Å². The Bertz CT molecular complexity index is 868. The smallest absolute Gasteiger partial charge is 0.432 e. The summed E-state index contributed by atoms with van der Waals surface area (Å²) >= 11 is 0. The normalized spacial score (nSPS) is 21.0. The number of amides is 1. The van der Waals surface area contributed by atoms with Crippen molar-refractivity contribution in [3.63, 3.8) is 0 Å². The van der Waals surface area contributed by atoms with Gasteiger partial charge in [-0.1, -0.05) is 50.5 Å². The summed E-state index contributed by atoms with van der Waals surface area (Å²) in [5, 5.41) is 51.6. The van der Waals surface area contributed by atoms with Gasteiger partial charge in [0.25, 0.3) is 10.2 Å². The predicted molar refractivity (Wildman–Crippen MR) is 146 cm³/mol. The summed E-state index contributed by atoms with van der Waals surface area (Å²) in [6.45, 7) is 0.188. The third kappa shape index (κ3) is 16.7. The molecule has 4 N–H and O–H groups in total. The number of unbranched alkanes of at least 4 members (excludes halogenated alkanes) is 3. The van der Waals surface area contributed by atoms with Gasteiger partial charge in [0.2, 0.25) is 5.91 Å². The van der Waals surface area contributed by atoms with Crippen molar-refractivity contribution in [3.05, 3.63) is 44.5 Å². The molecule has 42 heavy (non-hydrogen) atoms. The van der Waals surface area contributed by atoms with E-state index < -0.39 is 54.0 Å². The largest absolute Gasteiger partial charge is 0.508 e. The van der Waals surface area contributed by atoms with Crippen LogP contribution in [0.2, 0.25) is 0 Å². The molecule has 0 spiro atoms. The SMILES string of the molecule is CCCCC[C@H](O)/C=C/[C@@H]1[C@@H](C/C=C\CCCC(=O)NCCOC(=O)OC(CO[N+](=O)[O-])CO[N+](=O)[O-])[C@@H](O)C[C@H]1O. The fourth-order valence-electron chi connectivity index (χ4n) is 4.40. The van der Waals surface area contributed by atoms with E-state index in [4.69, 9.17) is 4.74 Å². The molecule has 0 bridgehead atoms. The molecule has 5 atom stereocenters. The van der Waals surface area contributed by atoms with E-state index in [0.29, 0.717) is 25.7 Å². The third-order valence-electron chi connectivity index (χ3n) is 6.56. The highest BCUT2D eigenvalue weighted by Gasteiger charge is 2.39. The van der Waals surface area contributed by atoms with E-state index in [1.807, 2.05) is 18.2 Å². The van der Waals surface area contributed by atoms with Crippen LogP contribution in [0.5, 0.6) is 0 Å². The maximum atomic E-state index is 12.0. The number of hydrogen-bond donors (Lipinski definition) is 4. The van der Waals surface area contributed by atoms with Gasteiger partial charge in [0.15, 0.2) is 6.10 Å². The highest BCUT2D eigenvalue weighted by atomic mass is 17.0. The highest BCUT2D eigenvalue weighted by molar-refractivity contribution is 5.75. The molecule has 1 aliphatic rings. The number of aliphatic hydroxyl groups excluding tert-OH is 3. The minimum Gasteiger partial charge on any atom is -0.432 e. The zero-order valence-electron chi connectivity index (χ0n) is 23.8. The molecule has 16 heteroatoms. The molecule has 1 fully saturated rings. The number of aliphatic hydroxyl groups is 3. The lowest BCUT2D eigenvalue weighted by atomic mass is 9.89. The number of allylic oxidation sites excluding steroid dienone is 2. The van der Waals surface area contributed by atoms with Crippen LogP contribution in [0, 0.1) is 32.1 Å². The van der Waals surface area contributed by atoms with E-state index in [1.54, 1.807) is 6.08 Å². The number of rotatable bonds is 22. The molecular formula is C26H43N3O13. The third-order valence-corrected chi connectivity index (χ3v) is 6.56. The minimum atomic E-state index is -1.46. The summed E-state index contributed by atoms with van der Waals surface area (Å²) in [6.07, 6.45) is 8.66. The van der Waals surface area contributed by atoms with Crippen LogP contribution in [0.25, 0.3) is 0 Å². The molecule has 0 aromatic carbocycles. The zero-order chi connectivity index (χ0) is 31.3. The lowest BCUT2D eigenvalue weighted by molar-refractivity contribution is -0.768. The Kier molecular flexibility index (Phi) is 18.5. The van der Waals surface area contributed by atoms with Gasteiger partial charge in [0.05, 0.1) is 24.9 Å². The second-order valence-electron chi connectivity index (χ2n) is 9.89. The number of carbonyl (C=O) groups excluding carboxylic acids is 2. The lowest BCUT2D eigenvalue weighted by Crippen LogP contribution is -2.32. The van der Waals surface area contributed by atoms with Crippen LogP contribution in [0.1, 0.15) is 64.7 Å². The predicted octanol–water partition coefficient (Wildman–Crippen LogP) is 2.01. The standard InChI is InChI=1S/C26H43N3O13/c1-2-3-6-9-19(30)12-13-22-21(23(31)16-24(22)32)10-7-4-5-8-11-25(33)27-14-15-39-26(34)42-20(17-40-28(35)36)18-41-29(37)38/h4,7,12-13,19-24,30-32H,2-3,5-6,8-11,14-18H2,1H3,(H,27,33)/b7-4-,13-12+/t19-,21+,22+,23-,24+/m0/s1. The number of nitrogens with one attached hydrogen (secondary N) is 1. The van der Waals surface area contributed by atoms with Crippen molar-refractivity contribution >= 4 is 12.1 Å². The molecular weight excluding hydrogens is 562 g/mol. The van der Waals surface area contributed by atoms with E-state index in [9.17, 15) is 45.1 Å². The van der Waals surface area contributed by atoms with Gasteiger partial charge in [-0.15, -0.1) is 20.2 Å². The fourth-order valence-corrected chi connectivity index (χ4v) is 4.40. The van der Waals surface area contributed by atoms with E-state index >= 15 is 0 Å². The van der Waals surface area contributed by atoms with Crippen LogP contribution in [-0.2, 0) is 23.9 Å². The van der Waals surface area contributed by atoms with Gasteiger partial charge in [-0.2, -0.15) is 0 Å². The van der Waals surface area contributed by atoms with Crippen molar-refractivity contribution in [2.75, 3.05) is 26.4 Å². The Morgan fingerprint density at radius 1 is 1.05 bits per heavy atom. The summed E-state index contributed by atoms with van der Waals surface area (Å²) in [6, 6.07) is 0. The monoisotopic (exact) mass is 605 g/mol. The molecule has 0 radical (unpaired) electrons. The molecule has 240 valence electrons. The van der Waals surface area contributed by atoms with Gasteiger partial charge in [0, 0.05) is 18.8 Å². The highest BCUT2D eigenvalue weighted by Crippen LogP contribution is 2.36. The molecule has 1 amide bonds. The minimum absolute atomic E-state index is 0.0324. The molecule has 0 aromatic heterocycles. The quantitative estimate of drug-likeness (QED) is 0.0455. The van der Waals surface area contributed by atoms with Crippen LogP contribution in [-0.4, -0.2) is 88.3 Å². The van der Waals surface area contributed by atoms with Crippen LogP contribution in [0.3, 0.4) is 0 Å². The van der Waals surface area contributed by atoms with Crippen LogP contribution >= 0.6 is 0 Å². The second-order valence-corrected chi connectivity index (χ2v) is 9.89. The van der Waals surface area contributed by atoms with Crippen molar-refractivity contribution in [1.82, 2.24) is 5.32 Å². The van der Waals surface area contributed by atoms with E-state index in [2.05, 4.69) is 26.7 Å². The van der Waals surface area contributed by atoms with Crippen molar-refractivity contribution in [3.8, 4) is 0 Å². The molecule has 0 heterocycles.